The van der Waals surface area contributed by atoms with Gasteiger partial charge in [-0.05, 0) is 18.3 Å². The van der Waals surface area contributed by atoms with Crippen LogP contribution in [0.15, 0.2) is 0 Å². The maximum atomic E-state index is 2.35. The van der Waals surface area contributed by atoms with E-state index in [1.54, 1.807) is 0 Å². The van der Waals surface area contributed by atoms with Crippen molar-refractivity contribution >= 4 is 0 Å². The normalized spacial score (nSPS) is 38.6. The van der Waals surface area contributed by atoms with Gasteiger partial charge in [0.2, 0.25) is 0 Å². The maximum absolute atomic E-state index is 2.35. The van der Waals surface area contributed by atoms with Crippen LogP contribution in [-0.4, -0.2) is 0 Å². The molecule has 0 bridgehead atoms. The highest BCUT2D eigenvalue weighted by Gasteiger charge is 2.30. The van der Waals surface area contributed by atoms with E-state index < -0.39 is 0 Å². The summed E-state index contributed by atoms with van der Waals surface area (Å²) >= 11 is 0. The van der Waals surface area contributed by atoms with Gasteiger partial charge in [0.25, 0.3) is 0 Å². The Morgan fingerprint density at radius 2 is 2.14 bits per heavy atom. The molecule has 0 aromatic rings. The Kier molecular flexibility index (Phi) is 1.36. The van der Waals surface area contributed by atoms with Gasteiger partial charge in [-0.3, -0.25) is 0 Å². The van der Waals surface area contributed by atoms with Crippen molar-refractivity contribution in [1.29, 1.82) is 0 Å². The zero-order chi connectivity index (χ0) is 5.28. The summed E-state index contributed by atoms with van der Waals surface area (Å²) in [4.78, 5) is 0. The second kappa shape index (κ2) is 1.85. The molecule has 0 radical (unpaired) electrons. The fourth-order valence-corrected chi connectivity index (χ4v) is 1.17. The first kappa shape index (κ1) is 5.14. The minimum atomic E-state index is 1.07. The van der Waals surface area contributed by atoms with Crippen LogP contribution in [0.4, 0.5) is 0 Å². The van der Waals surface area contributed by atoms with Crippen LogP contribution < -0.4 is 0 Å². The third kappa shape index (κ3) is 1.19. The van der Waals surface area contributed by atoms with Crippen LogP contribution in [0, 0.1) is 11.8 Å². The number of rotatable bonds is 2. The summed E-state index contributed by atoms with van der Waals surface area (Å²) in [6.45, 7) is 4.62. The molecule has 0 N–H and O–H groups in total. The standard InChI is InChI=1S/C7H14/c1-3-4-7-5-6(7)2/h6-7H,3-5H2,1-2H3/t6-,7+/m1/s1. The van der Waals surface area contributed by atoms with Crippen molar-refractivity contribution in [3.8, 4) is 0 Å². The highest BCUT2D eigenvalue weighted by Crippen LogP contribution is 2.40. The lowest BCUT2D eigenvalue weighted by molar-refractivity contribution is 0.659. The van der Waals surface area contributed by atoms with Crippen LogP contribution in [0.1, 0.15) is 33.1 Å². The molecule has 1 fully saturated rings. The molecule has 1 aliphatic carbocycles. The van der Waals surface area contributed by atoms with E-state index in [0.717, 1.165) is 11.8 Å². The zero-order valence-electron chi connectivity index (χ0n) is 5.28. The van der Waals surface area contributed by atoms with Gasteiger partial charge < -0.3 is 0 Å². The molecule has 0 spiro atoms. The van der Waals surface area contributed by atoms with Gasteiger partial charge in [-0.1, -0.05) is 26.7 Å². The van der Waals surface area contributed by atoms with Crippen LogP contribution in [0.3, 0.4) is 0 Å². The maximum Gasteiger partial charge on any atom is -0.0386 e. The van der Waals surface area contributed by atoms with Crippen molar-refractivity contribution in [3.63, 3.8) is 0 Å². The summed E-state index contributed by atoms with van der Waals surface area (Å²) in [5, 5.41) is 0. The highest BCUT2D eigenvalue weighted by molar-refractivity contribution is 4.81. The van der Waals surface area contributed by atoms with Crippen LogP contribution in [0.2, 0.25) is 0 Å². The SMILES string of the molecule is CCC[C@H]1C[C@H]1C. The minimum Gasteiger partial charge on any atom is -0.0654 e. The molecule has 42 valence electrons. The number of hydrogen-bond donors (Lipinski definition) is 0. The van der Waals surface area contributed by atoms with Crippen molar-refractivity contribution in [2.45, 2.75) is 33.1 Å². The summed E-state index contributed by atoms with van der Waals surface area (Å²) < 4.78 is 0. The lowest BCUT2D eigenvalue weighted by Crippen LogP contribution is -1.74. The van der Waals surface area contributed by atoms with Gasteiger partial charge in [0.15, 0.2) is 0 Å². The third-order valence-electron chi connectivity index (χ3n) is 1.94. The molecule has 0 amide bonds. The second-order valence-electron chi connectivity index (χ2n) is 2.76. The fourth-order valence-electron chi connectivity index (χ4n) is 1.17. The van der Waals surface area contributed by atoms with Crippen molar-refractivity contribution in [1.82, 2.24) is 0 Å². The molecule has 0 nitrogen and oxygen atoms in total. The van der Waals surface area contributed by atoms with Gasteiger partial charge in [-0.2, -0.15) is 0 Å². The largest absolute Gasteiger partial charge is 0.0654 e. The summed E-state index contributed by atoms with van der Waals surface area (Å²) in [6, 6.07) is 0. The molecule has 0 aromatic heterocycles. The minimum absolute atomic E-state index is 1.07. The lowest BCUT2D eigenvalue weighted by atomic mass is 10.2. The Bertz CT molecular complexity index is 57.1. The van der Waals surface area contributed by atoms with E-state index in [-0.39, 0.29) is 0 Å². The van der Waals surface area contributed by atoms with E-state index in [1.165, 1.54) is 19.3 Å². The Labute approximate surface area is 45.9 Å². The summed E-state index contributed by atoms with van der Waals surface area (Å²) in [5.41, 5.74) is 0. The molecule has 0 saturated heterocycles. The van der Waals surface area contributed by atoms with Gasteiger partial charge in [-0.25, -0.2) is 0 Å². The monoisotopic (exact) mass is 98.1 g/mol. The molecule has 1 aliphatic rings. The van der Waals surface area contributed by atoms with Gasteiger partial charge in [0, 0.05) is 0 Å². The first-order chi connectivity index (χ1) is 3.34. The first-order valence-corrected chi connectivity index (χ1v) is 3.34. The molecular formula is C7H14. The van der Waals surface area contributed by atoms with Gasteiger partial charge in [0.05, 0.1) is 0 Å². The predicted octanol–water partition coefficient (Wildman–Crippen LogP) is 2.44. The fraction of sp³-hybridized carbons (Fsp3) is 1.00. The Balaban J connectivity index is 1.98. The average Bonchev–Trinajstić information content (AvgIpc) is 2.22. The molecule has 0 unspecified atom stereocenters. The van der Waals surface area contributed by atoms with E-state index in [9.17, 15) is 0 Å². The van der Waals surface area contributed by atoms with Crippen molar-refractivity contribution in [2.24, 2.45) is 11.8 Å². The molecule has 7 heavy (non-hydrogen) atoms. The molecular weight excluding hydrogens is 84.1 g/mol. The van der Waals surface area contributed by atoms with E-state index in [1.807, 2.05) is 0 Å². The van der Waals surface area contributed by atoms with Crippen LogP contribution in [0.5, 0.6) is 0 Å². The van der Waals surface area contributed by atoms with E-state index in [2.05, 4.69) is 13.8 Å². The van der Waals surface area contributed by atoms with Crippen molar-refractivity contribution < 1.29 is 0 Å². The smallest absolute Gasteiger partial charge is 0.0386 e. The van der Waals surface area contributed by atoms with Crippen molar-refractivity contribution in [2.75, 3.05) is 0 Å². The summed E-state index contributed by atoms with van der Waals surface area (Å²) in [5.74, 6) is 2.19. The molecule has 0 heteroatoms. The summed E-state index contributed by atoms with van der Waals surface area (Å²) in [7, 11) is 0. The molecule has 1 rings (SSSR count). The van der Waals surface area contributed by atoms with E-state index in [0.29, 0.717) is 0 Å². The predicted molar refractivity (Wildman–Crippen MR) is 32.2 cm³/mol. The second-order valence-corrected chi connectivity index (χ2v) is 2.76. The van der Waals surface area contributed by atoms with E-state index in [4.69, 9.17) is 0 Å². The molecule has 0 heterocycles. The summed E-state index contributed by atoms with van der Waals surface area (Å²) in [6.07, 6.45) is 4.37. The first-order valence-electron chi connectivity index (χ1n) is 3.34. The molecule has 0 aromatic carbocycles. The average molecular weight is 98.2 g/mol. The topological polar surface area (TPSA) is 0 Å². The lowest BCUT2D eigenvalue weighted by Gasteiger charge is -1.86. The van der Waals surface area contributed by atoms with Crippen LogP contribution in [-0.2, 0) is 0 Å². The molecule has 1 saturated carbocycles. The molecule has 2 atom stereocenters. The Morgan fingerprint density at radius 3 is 2.29 bits per heavy atom. The van der Waals surface area contributed by atoms with Crippen molar-refractivity contribution in [3.05, 3.63) is 0 Å². The van der Waals surface area contributed by atoms with Gasteiger partial charge in [-0.15, -0.1) is 0 Å². The van der Waals surface area contributed by atoms with Gasteiger partial charge in [0.1, 0.15) is 0 Å². The Morgan fingerprint density at radius 1 is 1.57 bits per heavy atom. The highest BCUT2D eigenvalue weighted by atomic mass is 14.4. The van der Waals surface area contributed by atoms with Crippen LogP contribution >= 0.6 is 0 Å². The third-order valence-corrected chi connectivity index (χ3v) is 1.94. The molecule has 0 aliphatic heterocycles. The van der Waals surface area contributed by atoms with Crippen LogP contribution in [0.25, 0.3) is 0 Å². The van der Waals surface area contributed by atoms with E-state index >= 15 is 0 Å². The number of hydrogen-bond acceptors (Lipinski definition) is 0. The zero-order valence-corrected chi connectivity index (χ0v) is 5.28. The van der Waals surface area contributed by atoms with Gasteiger partial charge >= 0.3 is 0 Å². The quantitative estimate of drug-likeness (QED) is 0.497. The Hall–Kier alpha value is 0.